The predicted octanol–water partition coefficient (Wildman–Crippen LogP) is 11.5. The number of unbranched alkanes of at least 4 members (excludes halogenated alkanes) is 2. The highest BCUT2D eigenvalue weighted by Gasteiger charge is 2.43. The Hall–Kier alpha value is -4.38. The Kier molecular flexibility index (Phi) is 18.8. The highest BCUT2D eigenvalue weighted by Crippen LogP contribution is 2.49. The number of thioether (sulfide) groups is 2. The van der Waals surface area contributed by atoms with Crippen LogP contribution < -0.4 is 19.3 Å². The second-order valence-electron chi connectivity index (χ2n) is 17.2. The topological polar surface area (TPSA) is 168 Å². The number of sulfone groups is 2. The lowest BCUT2D eigenvalue weighted by atomic mass is 9.81. The van der Waals surface area contributed by atoms with E-state index in [1.54, 1.807) is 12.1 Å². The second kappa shape index (κ2) is 23.6. The van der Waals surface area contributed by atoms with Crippen molar-refractivity contribution in [2.45, 2.75) is 111 Å². The third kappa shape index (κ3) is 13.0. The predicted molar refractivity (Wildman–Crippen MR) is 267 cm³/mol. The molecule has 0 fully saturated rings. The Bertz CT molecular complexity index is 2320. The minimum absolute atomic E-state index is 0.0144. The van der Waals surface area contributed by atoms with Gasteiger partial charge in [0.05, 0.1) is 68.5 Å². The summed E-state index contributed by atoms with van der Waals surface area (Å²) in [4.78, 5) is 28.2. The molecule has 0 saturated carbocycles. The van der Waals surface area contributed by atoms with Crippen molar-refractivity contribution in [3.63, 3.8) is 0 Å². The normalized spacial score (nSPS) is 19.5. The summed E-state index contributed by atoms with van der Waals surface area (Å²) >= 11 is 2.91. The number of carboxylic acid groups (broad SMARTS) is 2. The average molecular weight is 983 g/mol. The zero-order chi connectivity index (χ0) is 48.1. The van der Waals surface area contributed by atoms with E-state index in [4.69, 9.17) is 19.7 Å². The molecule has 2 aliphatic heterocycles. The van der Waals surface area contributed by atoms with Gasteiger partial charge >= 0.3 is 11.9 Å². The number of aliphatic carboxylic acids is 2. The molecule has 0 saturated heterocycles. The van der Waals surface area contributed by atoms with Crippen molar-refractivity contribution in [3.05, 3.63) is 84.9 Å². The van der Waals surface area contributed by atoms with Crippen LogP contribution in [0.5, 0.6) is 11.5 Å². The van der Waals surface area contributed by atoms with Crippen LogP contribution in [0.25, 0.3) is 0 Å². The van der Waals surface area contributed by atoms with E-state index in [0.29, 0.717) is 36.0 Å². The van der Waals surface area contributed by atoms with Crippen molar-refractivity contribution in [1.29, 1.82) is 0 Å². The molecule has 16 heteroatoms. The van der Waals surface area contributed by atoms with E-state index in [2.05, 4.69) is 37.5 Å². The maximum Gasteiger partial charge on any atom is 0.306 e. The van der Waals surface area contributed by atoms with Crippen molar-refractivity contribution in [1.82, 2.24) is 0 Å². The van der Waals surface area contributed by atoms with Crippen LogP contribution in [0.15, 0.2) is 105 Å². The fourth-order valence-corrected chi connectivity index (χ4v) is 14.2. The minimum atomic E-state index is -3.61. The lowest BCUT2D eigenvalue weighted by molar-refractivity contribution is -0.138. The molecule has 0 bridgehead atoms. The first-order valence-electron chi connectivity index (χ1n) is 22.7. The summed E-state index contributed by atoms with van der Waals surface area (Å²) in [7, 11) is -7.21. The molecule has 2 heterocycles. The van der Waals surface area contributed by atoms with Crippen molar-refractivity contribution >= 4 is 77.9 Å². The zero-order valence-electron chi connectivity index (χ0n) is 39.1. The Balaban J connectivity index is 0.000000247. The summed E-state index contributed by atoms with van der Waals surface area (Å²) in [6.07, 6.45) is 10.7. The van der Waals surface area contributed by atoms with Gasteiger partial charge in [-0.05, 0) is 74.6 Å². The van der Waals surface area contributed by atoms with E-state index in [1.807, 2.05) is 85.3 Å². The molecule has 2 N–H and O–H groups in total. The van der Waals surface area contributed by atoms with E-state index in [9.17, 15) is 26.4 Å². The summed E-state index contributed by atoms with van der Waals surface area (Å²) in [6.45, 7) is 9.63. The smallest absolute Gasteiger partial charge is 0.306 e. The van der Waals surface area contributed by atoms with Crippen molar-refractivity contribution in [3.8, 4) is 11.5 Å². The molecule has 66 heavy (non-hydrogen) atoms. The van der Waals surface area contributed by atoms with Gasteiger partial charge in [-0.3, -0.25) is 9.59 Å². The Morgan fingerprint density at radius 2 is 0.970 bits per heavy atom. The molecule has 6 rings (SSSR count). The van der Waals surface area contributed by atoms with E-state index < -0.39 is 31.6 Å². The van der Waals surface area contributed by atoms with Crippen LogP contribution in [0.4, 0.5) is 22.7 Å². The molecule has 2 atom stereocenters. The largest absolute Gasteiger partial charge is 0.492 e. The van der Waals surface area contributed by atoms with Gasteiger partial charge in [-0.15, -0.1) is 23.5 Å². The lowest BCUT2D eigenvalue weighted by Gasteiger charge is -2.36. The van der Waals surface area contributed by atoms with Crippen molar-refractivity contribution in [2.75, 3.05) is 60.1 Å². The fourth-order valence-electron chi connectivity index (χ4n) is 8.78. The third-order valence-corrected chi connectivity index (χ3v) is 18.1. The van der Waals surface area contributed by atoms with Gasteiger partial charge < -0.3 is 29.5 Å². The van der Waals surface area contributed by atoms with Crippen LogP contribution >= 0.6 is 23.5 Å². The Labute approximate surface area is 400 Å². The number of para-hydroxylation sites is 2. The molecular formula is C50H66N2O10S4. The summed E-state index contributed by atoms with van der Waals surface area (Å²) in [5.41, 5.74) is 2.49. The van der Waals surface area contributed by atoms with Gasteiger partial charge in [0.25, 0.3) is 0 Å². The van der Waals surface area contributed by atoms with E-state index >= 15 is 0 Å². The first-order chi connectivity index (χ1) is 31.5. The molecule has 4 aromatic rings. The second-order valence-corrected chi connectivity index (χ2v) is 22.8. The van der Waals surface area contributed by atoms with Gasteiger partial charge in [0, 0.05) is 47.4 Å². The monoisotopic (exact) mass is 982 g/mol. The number of anilines is 4. The van der Waals surface area contributed by atoms with Crippen LogP contribution in [0.3, 0.4) is 0 Å². The number of rotatable bonds is 20. The third-order valence-electron chi connectivity index (χ3n) is 12.6. The van der Waals surface area contributed by atoms with Crippen molar-refractivity contribution in [2.24, 2.45) is 10.8 Å². The highest BCUT2D eigenvalue weighted by molar-refractivity contribution is 7.99. The van der Waals surface area contributed by atoms with E-state index in [0.717, 1.165) is 72.5 Å². The molecule has 4 aromatic carbocycles. The number of carbonyl (C=O) groups is 2. The molecule has 360 valence electrons. The van der Waals surface area contributed by atoms with Gasteiger partial charge in [-0.25, -0.2) is 16.8 Å². The fraction of sp³-hybridized carbons (Fsp3) is 0.480. The molecule has 0 spiro atoms. The SMILES string of the molecule is CCCC[C@@]1(CC)CN(c2ccccc2)c2cc(SC)c(OCCC(=O)O)cc2S(=O)(=O)C1.CCCC[C@]1(CC)CN(c2ccccc2)c2cc(SC)c(OCCC(=O)O)cc2S(=O)(=O)C1. The van der Waals surface area contributed by atoms with Gasteiger partial charge in [0.1, 0.15) is 11.5 Å². The molecule has 2 aliphatic rings. The minimum Gasteiger partial charge on any atom is -0.492 e. The molecule has 0 unspecified atom stereocenters. The quantitative estimate of drug-likeness (QED) is 0.0803. The summed E-state index contributed by atoms with van der Waals surface area (Å²) in [5.74, 6) is -0.919. The number of benzene rings is 4. The summed E-state index contributed by atoms with van der Waals surface area (Å²) in [6, 6.07) is 26.8. The Morgan fingerprint density at radius 3 is 1.27 bits per heavy atom. The number of ether oxygens (including phenoxy) is 2. The first-order valence-corrected chi connectivity index (χ1v) is 28.5. The number of nitrogens with zero attached hydrogens (tertiary/aromatic N) is 2. The average Bonchev–Trinajstić information content (AvgIpc) is 3.47. The first kappa shape index (κ1) is 52.6. The van der Waals surface area contributed by atoms with E-state index in [-0.39, 0.29) is 58.2 Å². The van der Waals surface area contributed by atoms with Crippen LogP contribution in [0.1, 0.15) is 91.9 Å². The zero-order valence-corrected chi connectivity index (χ0v) is 42.4. The van der Waals surface area contributed by atoms with Gasteiger partial charge in [0.2, 0.25) is 0 Å². The summed E-state index contributed by atoms with van der Waals surface area (Å²) < 4.78 is 66.5. The molecule has 0 amide bonds. The van der Waals surface area contributed by atoms with E-state index in [1.165, 1.54) is 23.5 Å². The van der Waals surface area contributed by atoms with Crippen molar-refractivity contribution < 1.29 is 46.1 Å². The Morgan fingerprint density at radius 1 is 0.606 bits per heavy atom. The number of hydrogen-bond donors (Lipinski definition) is 2. The molecular weight excluding hydrogens is 917 g/mol. The maximum absolute atomic E-state index is 13.8. The van der Waals surface area contributed by atoms with Crippen LogP contribution in [-0.2, 0) is 29.3 Å². The van der Waals surface area contributed by atoms with Gasteiger partial charge in [0.15, 0.2) is 19.7 Å². The van der Waals surface area contributed by atoms with Gasteiger partial charge in [-0.2, -0.15) is 0 Å². The standard InChI is InChI=1S/2C25H33NO5S2/c2*1-4-6-13-25(5-2)17-26(19-10-8-7-9-11-19)20-15-22(32-3)21(31-14-12-24(27)28)16-23(20)33(29,30)18-25/h2*7-11,15-16H,4-6,12-14,17-18H2,1-3H3,(H,27,28)/t2*25-/m10/s1. The summed E-state index contributed by atoms with van der Waals surface area (Å²) in [5, 5.41) is 17.9. The number of carboxylic acids is 2. The highest BCUT2D eigenvalue weighted by atomic mass is 32.2. The van der Waals surface area contributed by atoms with Crippen LogP contribution in [0, 0.1) is 10.8 Å². The molecule has 0 aliphatic carbocycles. The van der Waals surface area contributed by atoms with Crippen LogP contribution in [-0.4, -0.2) is 89.3 Å². The van der Waals surface area contributed by atoms with Crippen LogP contribution in [0.2, 0.25) is 0 Å². The van der Waals surface area contributed by atoms with Gasteiger partial charge in [-0.1, -0.05) is 89.8 Å². The lowest BCUT2D eigenvalue weighted by Crippen LogP contribution is -2.37. The number of fused-ring (bicyclic) bond motifs is 2. The molecule has 0 aromatic heterocycles. The molecule has 0 radical (unpaired) electrons. The molecule has 12 nitrogen and oxygen atoms in total. The maximum atomic E-state index is 13.8. The number of hydrogen-bond acceptors (Lipinski definition) is 12.